The molecule has 0 spiro atoms. The Bertz CT molecular complexity index is 486. The first kappa shape index (κ1) is 12.6. The Kier molecular flexibility index (Phi) is 3.76. The van der Waals surface area contributed by atoms with Gasteiger partial charge in [0.05, 0.1) is 11.3 Å². The number of aromatic carboxylic acids is 1. The molecule has 0 saturated carbocycles. The summed E-state index contributed by atoms with van der Waals surface area (Å²) in [6.07, 6.45) is -0.868. The van der Waals surface area contributed by atoms with Crippen molar-refractivity contribution in [1.29, 1.82) is 0 Å². The molecule has 90 valence electrons. The first-order chi connectivity index (χ1) is 7.91. The third-order valence-electron chi connectivity index (χ3n) is 1.82. The average Bonchev–Trinajstić information content (AvgIpc) is 2.19. The zero-order valence-electron chi connectivity index (χ0n) is 8.44. The number of carboxylic acid groups (broad SMARTS) is 2. The van der Waals surface area contributed by atoms with E-state index in [-0.39, 0.29) is 0 Å². The van der Waals surface area contributed by atoms with E-state index in [0.717, 1.165) is 12.1 Å². The average molecular weight is 241 g/mol. The minimum absolute atomic E-state index is 0.441. The fourth-order valence-electron chi connectivity index (χ4n) is 1.15. The highest BCUT2D eigenvalue weighted by molar-refractivity contribution is 6.05. The van der Waals surface area contributed by atoms with Crippen molar-refractivity contribution in [2.45, 2.75) is 6.42 Å². The van der Waals surface area contributed by atoms with Crippen LogP contribution >= 0.6 is 0 Å². The number of carboxylic acids is 2. The van der Waals surface area contributed by atoms with Crippen molar-refractivity contribution in [3.8, 4) is 0 Å². The summed E-state index contributed by atoms with van der Waals surface area (Å²) in [5, 5.41) is 19.0. The van der Waals surface area contributed by atoms with Gasteiger partial charge in [-0.3, -0.25) is 9.59 Å². The fraction of sp³-hybridized carbons (Fsp3) is 0.100. The molecular weight excluding hydrogens is 233 g/mol. The molecule has 0 aromatic heterocycles. The van der Waals surface area contributed by atoms with Crippen LogP contribution in [0.25, 0.3) is 0 Å². The van der Waals surface area contributed by atoms with E-state index in [9.17, 15) is 18.8 Å². The third kappa shape index (κ3) is 3.26. The molecule has 0 saturated heterocycles. The predicted molar refractivity (Wildman–Crippen MR) is 54.2 cm³/mol. The van der Waals surface area contributed by atoms with Gasteiger partial charge in [0.15, 0.2) is 0 Å². The van der Waals surface area contributed by atoms with Crippen LogP contribution in [-0.2, 0) is 9.59 Å². The molecule has 0 aliphatic carbocycles. The number of anilines is 1. The van der Waals surface area contributed by atoms with Crippen molar-refractivity contribution < 1.29 is 29.0 Å². The van der Waals surface area contributed by atoms with E-state index in [1.807, 2.05) is 5.32 Å². The lowest BCUT2D eigenvalue weighted by Crippen LogP contribution is -2.18. The summed E-state index contributed by atoms with van der Waals surface area (Å²) in [6.45, 7) is 0. The molecule has 1 aromatic rings. The predicted octanol–water partition coefficient (Wildman–Crippen LogP) is 0.937. The van der Waals surface area contributed by atoms with Crippen molar-refractivity contribution in [2.75, 3.05) is 5.32 Å². The fourth-order valence-corrected chi connectivity index (χ4v) is 1.15. The number of carbonyl (C=O) groups is 3. The number of amides is 1. The van der Waals surface area contributed by atoms with E-state index in [1.165, 1.54) is 6.07 Å². The molecule has 1 amide bonds. The Hall–Kier alpha value is -2.44. The Labute approximate surface area is 94.7 Å². The van der Waals surface area contributed by atoms with Crippen LogP contribution in [0.3, 0.4) is 0 Å². The SMILES string of the molecule is O=C(O)CC(=O)Nc1c(F)cccc1C(=O)O. The van der Waals surface area contributed by atoms with Gasteiger partial charge in [-0.15, -0.1) is 0 Å². The molecular formula is C10H8FNO5. The second-order valence-corrected chi connectivity index (χ2v) is 3.09. The minimum atomic E-state index is -1.42. The Morgan fingerprint density at radius 1 is 1.24 bits per heavy atom. The number of nitrogens with one attached hydrogen (secondary N) is 1. The van der Waals surface area contributed by atoms with Crippen LogP contribution in [0, 0.1) is 5.82 Å². The Morgan fingerprint density at radius 2 is 1.88 bits per heavy atom. The van der Waals surface area contributed by atoms with Crippen LogP contribution in [0.1, 0.15) is 16.8 Å². The number of para-hydroxylation sites is 1. The molecule has 6 nitrogen and oxygen atoms in total. The van der Waals surface area contributed by atoms with Crippen LogP contribution in [-0.4, -0.2) is 28.1 Å². The molecule has 17 heavy (non-hydrogen) atoms. The molecule has 1 aromatic carbocycles. The van der Waals surface area contributed by atoms with Crippen molar-refractivity contribution in [3.05, 3.63) is 29.6 Å². The monoisotopic (exact) mass is 241 g/mol. The maximum atomic E-state index is 13.3. The summed E-state index contributed by atoms with van der Waals surface area (Å²) in [5.41, 5.74) is -0.977. The van der Waals surface area contributed by atoms with Gasteiger partial charge in [-0.1, -0.05) is 6.07 Å². The summed E-state index contributed by atoms with van der Waals surface area (Å²) in [4.78, 5) is 32.1. The summed E-state index contributed by atoms with van der Waals surface area (Å²) >= 11 is 0. The standard InChI is InChI=1S/C10H8FNO5/c11-6-3-1-2-5(10(16)17)9(6)12-7(13)4-8(14)15/h1-3H,4H2,(H,12,13)(H,14,15)(H,16,17). The number of hydrogen-bond acceptors (Lipinski definition) is 3. The lowest BCUT2D eigenvalue weighted by Gasteiger charge is -2.08. The molecule has 0 unspecified atom stereocenters. The molecule has 3 N–H and O–H groups in total. The largest absolute Gasteiger partial charge is 0.481 e. The van der Waals surface area contributed by atoms with Gasteiger partial charge in [0.25, 0.3) is 0 Å². The second-order valence-electron chi connectivity index (χ2n) is 3.09. The maximum absolute atomic E-state index is 13.3. The summed E-state index contributed by atoms with van der Waals surface area (Å²) < 4.78 is 13.3. The number of halogens is 1. The Morgan fingerprint density at radius 3 is 2.41 bits per heavy atom. The van der Waals surface area contributed by atoms with Gasteiger partial charge in [-0.05, 0) is 12.1 Å². The van der Waals surface area contributed by atoms with Crippen LogP contribution < -0.4 is 5.32 Å². The third-order valence-corrected chi connectivity index (χ3v) is 1.82. The number of benzene rings is 1. The first-order valence-electron chi connectivity index (χ1n) is 4.45. The molecule has 0 heterocycles. The van der Waals surface area contributed by atoms with E-state index in [2.05, 4.69) is 0 Å². The molecule has 7 heteroatoms. The van der Waals surface area contributed by atoms with Gasteiger partial charge in [0.1, 0.15) is 12.2 Å². The van der Waals surface area contributed by atoms with E-state index in [4.69, 9.17) is 10.2 Å². The van der Waals surface area contributed by atoms with Gasteiger partial charge in [-0.25, -0.2) is 9.18 Å². The quantitative estimate of drug-likeness (QED) is 0.680. The van der Waals surface area contributed by atoms with Crippen LogP contribution in [0.4, 0.5) is 10.1 Å². The number of hydrogen-bond donors (Lipinski definition) is 3. The highest BCUT2D eigenvalue weighted by atomic mass is 19.1. The maximum Gasteiger partial charge on any atom is 0.337 e. The second kappa shape index (κ2) is 5.06. The van der Waals surface area contributed by atoms with Crippen LogP contribution in [0.2, 0.25) is 0 Å². The molecule has 0 aliphatic heterocycles. The van der Waals surface area contributed by atoms with E-state index >= 15 is 0 Å². The summed E-state index contributed by atoms with van der Waals surface area (Å²) in [5.74, 6) is -4.75. The summed E-state index contributed by atoms with van der Waals surface area (Å²) in [6, 6.07) is 3.23. The van der Waals surface area contributed by atoms with Crippen molar-refractivity contribution in [1.82, 2.24) is 0 Å². The van der Waals surface area contributed by atoms with Crippen molar-refractivity contribution in [3.63, 3.8) is 0 Å². The van der Waals surface area contributed by atoms with Crippen LogP contribution in [0.15, 0.2) is 18.2 Å². The van der Waals surface area contributed by atoms with E-state index in [0.29, 0.717) is 0 Å². The number of rotatable bonds is 4. The Balaban J connectivity index is 3.01. The smallest absolute Gasteiger partial charge is 0.337 e. The van der Waals surface area contributed by atoms with Gasteiger partial charge < -0.3 is 15.5 Å². The molecule has 0 radical (unpaired) electrons. The van der Waals surface area contributed by atoms with Gasteiger partial charge in [0, 0.05) is 0 Å². The zero-order chi connectivity index (χ0) is 13.0. The van der Waals surface area contributed by atoms with Gasteiger partial charge >= 0.3 is 11.9 Å². The van der Waals surface area contributed by atoms with Gasteiger partial charge in [0.2, 0.25) is 5.91 Å². The number of carbonyl (C=O) groups excluding carboxylic acids is 1. The molecule has 1 rings (SSSR count). The molecule has 0 aliphatic rings. The molecule has 0 fully saturated rings. The van der Waals surface area contributed by atoms with Crippen molar-refractivity contribution >= 4 is 23.5 Å². The van der Waals surface area contributed by atoms with Gasteiger partial charge in [-0.2, -0.15) is 0 Å². The lowest BCUT2D eigenvalue weighted by molar-refractivity contribution is -0.139. The zero-order valence-corrected chi connectivity index (χ0v) is 8.44. The van der Waals surface area contributed by atoms with Crippen LogP contribution in [0.5, 0.6) is 0 Å². The summed E-state index contributed by atoms with van der Waals surface area (Å²) in [7, 11) is 0. The highest BCUT2D eigenvalue weighted by Crippen LogP contribution is 2.19. The highest BCUT2D eigenvalue weighted by Gasteiger charge is 2.17. The van der Waals surface area contributed by atoms with Crippen molar-refractivity contribution in [2.24, 2.45) is 0 Å². The molecule has 0 bridgehead atoms. The first-order valence-corrected chi connectivity index (χ1v) is 4.45. The van der Waals surface area contributed by atoms with E-state index < -0.39 is 41.3 Å². The number of aliphatic carboxylic acids is 1. The van der Waals surface area contributed by atoms with E-state index in [1.54, 1.807) is 0 Å². The molecule has 0 atom stereocenters. The normalized spacial score (nSPS) is 9.71. The topological polar surface area (TPSA) is 104 Å². The lowest BCUT2D eigenvalue weighted by atomic mass is 10.1. The minimum Gasteiger partial charge on any atom is -0.481 e.